The highest BCUT2D eigenvalue weighted by Gasteiger charge is 2.67. The van der Waals surface area contributed by atoms with E-state index >= 15 is 0 Å². The molecule has 0 bridgehead atoms. The van der Waals surface area contributed by atoms with E-state index in [1.807, 2.05) is 0 Å². The Hall–Kier alpha value is -3.25. The van der Waals surface area contributed by atoms with Gasteiger partial charge in [-0.25, -0.2) is 24.5 Å². The number of nitrogen functional groups attached to an aromatic ring is 1. The van der Waals surface area contributed by atoms with Crippen LogP contribution < -0.4 is 5.73 Å². The Balaban J connectivity index is 1.50. The van der Waals surface area contributed by atoms with Crippen LogP contribution in [0.15, 0.2) is 24.3 Å². The number of rotatable bonds is 6. The van der Waals surface area contributed by atoms with Crippen molar-refractivity contribution < 1.29 is 53.3 Å². The molecule has 0 radical (unpaired) electrons. The number of hydrogen-bond acceptors (Lipinski definition) is 15. The Bertz CT molecular complexity index is 1290. The molecule has 0 amide bonds. The molecule has 3 unspecified atom stereocenters. The van der Waals surface area contributed by atoms with E-state index in [2.05, 4.69) is 15.0 Å². The van der Waals surface area contributed by atoms with Crippen molar-refractivity contribution >= 4 is 28.9 Å². The van der Waals surface area contributed by atoms with E-state index in [4.69, 9.17) is 34.2 Å². The quantitative estimate of drug-likeness (QED) is 0.224. The number of imidazole rings is 1. The van der Waals surface area contributed by atoms with Gasteiger partial charge in [0.05, 0.1) is 31.7 Å². The standard InChI is InChI=1S/C23H29N5O11/c1-4-9(6-29)21(31)38-17-13(30)15(22(32)35-3)37-11-5-10-14(39-23(11,17)33)16(34-2)20(36-10)28-8-27-12-18(24)25-7-26-19(12)28/h4,7-8,10-11,13-17,20,29-30,33H,5-6H2,1-3H3,(H2,24,25,26)/b9-4+/t10?,11?,13-,14?,15+,16-,17+,20-,23-/m1/s1. The van der Waals surface area contributed by atoms with Crippen LogP contribution in [0.1, 0.15) is 19.6 Å². The minimum absolute atomic E-state index is 0.0496. The molecule has 16 heteroatoms. The minimum Gasteiger partial charge on any atom is -0.467 e. The molecule has 0 aliphatic carbocycles. The van der Waals surface area contributed by atoms with Gasteiger partial charge in [-0.2, -0.15) is 0 Å². The summed E-state index contributed by atoms with van der Waals surface area (Å²) < 4.78 is 35.5. The fraction of sp³-hybridized carbons (Fsp3) is 0.609. The Morgan fingerprint density at radius 2 is 2.05 bits per heavy atom. The van der Waals surface area contributed by atoms with Gasteiger partial charge in [-0.15, -0.1) is 0 Å². The second kappa shape index (κ2) is 10.4. The van der Waals surface area contributed by atoms with Gasteiger partial charge in [0.2, 0.25) is 5.79 Å². The Kier molecular flexibility index (Phi) is 7.27. The lowest BCUT2D eigenvalue weighted by molar-refractivity contribution is -0.397. The summed E-state index contributed by atoms with van der Waals surface area (Å²) in [6.07, 6.45) is -6.01. The van der Waals surface area contributed by atoms with E-state index < -0.39 is 73.3 Å². The van der Waals surface area contributed by atoms with E-state index in [0.29, 0.717) is 11.2 Å². The number of ether oxygens (including phenoxy) is 6. The number of methoxy groups -OCH3 is 2. The second-order valence-corrected chi connectivity index (χ2v) is 9.28. The molecule has 39 heavy (non-hydrogen) atoms. The number of carbonyl (C=O) groups is 2. The van der Waals surface area contributed by atoms with Gasteiger partial charge in [0.1, 0.15) is 36.3 Å². The molecule has 5 N–H and O–H groups in total. The van der Waals surface area contributed by atoms with Gasteiger partial charge in [0, 0.05) is 13.5 Å². The van der Waals surface area contributed by atoms with Crippen LogP contribution in [0.4, 0.5) is 5.82 Å². The zero-order valence-electron chi connectivity index (χ0n) is 21.2. The number of nitrogens with two attached hydrogens (primary N) is 1. The van der Waals surface area contributed by atoms with Crippen LogP contribution in [0.2, 0.25) is 0 Å². The third-order valence-electron chi connectivity index (χ3n) is 7.24. The number of aromatic nitrogens is 4. The predicted octanol–water partition coefficient (Wildman–Crippen LogP) is -2.05. The topological polar surface area (TPSA) is 220 Å². The molecule has 3 aliphatic heterocycles. The van der Waals surface area contributed by atoms with Gasteiger partial charge in [0.25, 0.3) is 0 Å². The lowest BCUT2D eigenvalue weighted by Crippen LogP contribution is -2.73. The Morgan fingerprint density at radius 1 is 1.28 bits per heavy atom. The summed E-state index contributed by atoms with van der Waals surface area (Å²) in [7, 11) is 2.51. The first-order valence-electron chi connectivity index (χ1n) is 12.1. The van der Waals surface area contributed by atoms with Crippen LogP contribution in [0.5, 0.6) is 0 Å². The third-order valence-corrected chi connectivity index (χ3v) is 7.24. The highest BCUT2D eigenvalue weighted by molar-refractivity contribution is 5.89. The average molecular weight is 552 g/mol. The zero-order valence-corrected chi connectivity index (χ0v) is 21.2. The van der Waals surface area contributed by atoms with Crippen molar-refractivity contribution in [3.8, 4) is 0 Å². The molecule has 2 aromatic rings. The average Bonchev–Trinajstić information content (AvgIpc) is 3.51. The lowest BCUT2D eigenvalue weighted by Gasteiger charge is -2.52. The molecular weight excluding hydrogens is 522 g/mol. The third kappa shape index (κ3) is 4.33. The largest absolute Gasteiger partial charge is 0.467 e. The maximum atomic E-state index is 12.7. The number of anilines is 1. The van der Waals surface area contributed by atoms with Crippen molar-refractivity contribution in [3.63, 3.8) is 0 Å². The number of nitrogens with zero attached hydrogens (tertiary/aromatic N) is 4. The molecule has 3 aliphatic rings. The number of carbonyl (C=O) groups excluding carboxylic acids is 2. The van der Waals surface area contributed by atoms with Crippen molar-refractivity contribution in [1.29, 1.82) is 0 Å². The fourth-order valence-corrected chi connectivity index (χ4v) is 5.24. The number of esters is 2. The summed E-state index contributed by atoms with van der Waals surface area (Å²) in [5, 5.41) is 32.3. The molecule has 5 heterocycles. The summed E-state index contributed by atoms with van der Waals surface area (Å²) in [6.45, 7) is 0.845. The van der Waals surface area contributed by atoms with Crippen LogP contribution in [0, 0.1) is 0 Å². The van der Waals surface area contributed by atoms with Crippen LogP contribution in [-0.4, -0.2) is 116 Å². The van der Waals surface area contributed by atoms with Crippen LogP contribution >= 0.6 is 0 Å². The number of aliphatic hydroxyl groups is 3. The van der Waals surface area contributed by atoms with Gasteiger partial charge in [-0.3, -0.25) is 4.57 Å². The smallest absolute Gasteiger partial charge is 0.337 e. The molecule has 16 nitrogen and oxygen atoms in total. The predicted molar refractivity (Wildman–Crippen MR) is 126 cm³/mol. The first-order chi connectivity index (χ1) is 18.7. The molecule has 5 rings (SSSR count). The van der Waals surface area contributed by atoms with Crippen LogP contribution in [0.3, 0.4) is 0 Å². The SMILES string of the molecule is C/C=C(\CO)C(=O)O[C@H]1[C@H](O)[C@@H](C(=O)OC)OC2CC3O[C@@H](n4cnc5c(N)ncnc54)[C@H](OC)C3O[C@]21O. The minimum atomic E-state index is -2.44. The van der Waals surface area contributed by atoms with Crippen molar-refractivity contribution in [2.45, 2.75) is 68.1 Å². The first kappa shape index (κ1) is 27.3. The molecule has 3 fully saturated rings. The number of hydrogen-bond donors (Lipinski definition) is 4. The van der Waals surface area contributed by atoms with E-state index in [9.17, 15) is 24.9 Å². The van der Waals surface area contributed by atoms with E-state index in [0.717, 1.165) is 7.11 Å². The summed E-state index contributed by atoms with van der Waals surface area (Å²) in [6, 6.07) is 0. The molecule has 0 saturated carbocycles. The van der Waals surface area contributed by atoms with Gasteiger partial charge in [-0.1, -0.05) is 6.08 Å². The Morgan fingerprint density at radius 3 is 2.72 bits per heavy atom. The number of allylic oxidation sites excluding steroid dienone is 1. The summed E-state index contributed by atoms with van der Waals surface area (Å²) >= 11 is 0. The maximum absolute atomic E-state index is 12.7. The summed E-state index contributed by atoms with van der Waals surface area (Å²) in [5.74, 6) is -4.25. The molecule has 3 saturated heterocycles. The van der Waals surface area contributed by atoms with Gasteiger partial charge < -0.3 is 49.5 Å². The van der Waals surface area contributed by atoms with E-state index in [1.165, 1.54) is 32.8 Å². The van der Waals surface area contributed by atoms with Crippen LogP contribution in [0.25, 0.3) is 11.2 Å². The molecule has 212 valence electrons. The fourth-order valence-electron chi connectivity index (χ4n) is 5.24. The highest BCUT2D eigenvalue weighted by atomic mass is 16.7. The lowest BCUT2D eigenvalue weighted by atomic mass is 9.84. The molecule has 9 atom stereocenters. The highest BCUT2D eigenvalue weighted by Crippen LogP contribution is 2.47. The normalized spacial score (nSPS) is 36.3. The molecular formula is C23H29N5O11. The molecule has 0 spiro atoms. The zero-order chi connectivity index (χ0) is 28.1. The van der Waals surface area contributed by atoms with Gasteiger partial charge >= 0.3 is 11.9 Å². The van der Waals surface area contributed by atoms with Crippen molar-refractivity contribution in [2.24, 2.45) is 0 Å². The van der Waals surface area contributed by atoms with E-state index in [1.54, 1.807) is 4.57 Å². The van der Waals surface area contributed by atoms with Gasteiger partial charge in [0.15, 0.2) is 29.9 Å². The monoisotopic (exact) mass is 551 g/mol. The second-order valence-electron chi connectivity index (χ2n) is 9.28. The first-order valence-corrected chi connectivity index (χ1v) is 12.1. The number of fused-ring (bicyclic) bond motifs is 3. The summed E-state index contributed by atoms with van der Waals surface area (Å²) in [5.41, 5.74) is 6.50. The van der Waals surface area contributed by atoms with Crippen molar-refractivity contribution in [2.75, 3.05) is 26.6 Å². The van der Waals surface area contributed by atoms with Crippen LogP contribution in [-0.2, 0) is 38.0 Å². The summed E-state index contributed by atoms with van der Waals surface area (Å²) in [4.78, 5) is 37.6. The molecule has 2 aromatic heterocycles. The van der Waals surface area contributed by atoms with Crippen molar-refractivity contribution in [1.82, 2.24) is 19.5 Å². The maximum Gasteiger partial charge on any atom is 0.337 e. The molecule has 0 aromatic carbocycles. The van der Waals surface area contributed by atoms with E-state index in [-0.39, 0.29) is 17.8 Å². The van der Waals surface area contributed by atoms with Crippen molar-refractivity contribution in [3.05, 3.63) is 24.3 Å². The van der Waals surface area contributed by atoms with Gasteiger partial charge in [-0.05, 0) is 6.92 Å². The Labute approximate surface area is 221 Å². The number of aliphatic hydroxyl groups excluding tert-OH is 2.